The second kappa shape index (κ2) is 7.91. The van der Waals surface area contributed by atoms with Gasteiger partial charge in [-0.1, -0.05) is 6.92 Å². The third-order valence-electron chi connectivity index (χ3n) is 1.29. The van der Waals surface area contributed by atoms with Crippen molar-refractivity contribution in [1.82, 2.24) is 5.32 Å². The van der Waals surface area contributed by atoms with Gasteiger partial charge in [0, 0.05) is 13.0 Å². The number of carbonyl (C=O) groups excluding carboxylic acids is 1. The lowest BCUT2D eigenvalue weighted by Crippen LogP contribution is -2.27. The van der Waals surface area contributed by atoms with E-state index in [-0.39, 0.29) is 12.5 Å². The predicted octanol–water partition coefficient (Wildman–Crippen LogP) is 1.18. The van der Waals surface area contributed by atoms with Crippen LogP contribution in [0.4, 0.5) is 8.78 Å². The normalized spacial score (nSPS) is 10.5. The fourth-order valence-electron chi connectivity index (χ4n) is 0.750. The minimum Gasteiger partial charge on any atom is -0.374 e. The van der Waals surface area contributed by atoms with Crippen LogP contribution >= 0.6 is 0 Å². The minimum atomic E-state index is -2.44. The van der Waals surface area contributed by atoms with Crippen molar-refractivity contribution in [2.45, 2.75) is 26.2 Å². The second-order valence-corrected chi connectivity index (χ2v) is 2.57. The number of hydrogen-bond donors (Lipinski definition) is 1. The van der Waals surface area contributed by atoms with Crippen molar-refractivity contribution in [2.24, 2.45) is 0 Å². The van der Waals surface area contributed by atoms with Crippen molar-refractivity contribution in [3.8, 4) is 0 Å². The van der Waals surface area contributed by atoms with Gasteiger partial charge in [-0.15, -0.1) is 0 Å². The molecule has 0 heterocycles. The molecule has 0 fully saturated rings. The van der Waals surface area contributed by atoms with E-state index >= 15 is 0 Å². The summed E-state index contributed by atoms with van der Waals surface area (Å²) in [6, 6.07) is 0. The molecule has 0 unspecified atom stereocenters. The molecule has 1 amide bonds. The molecule has 78 valence electrons. The molecule has 0 aliphatic rings. The number of alkyl halides is 2. The van der Waals surface area contributed by atoms with Crippen LogP contribution in [-0.4, -0.2) is 32.1 Å². The maximum atomic E-state index is 11.5. The quantitative estimate of drug-likeness (QED) is 0.619. The van der Waals surface area contributed by atoms with E-state index in [0.717, 1.165) is 6.42 Å². The number of ether oxygens (including phenoxy) is 1. The van der Waals surface area contributed by atoms with E-state index in [1.54, 1.807) is 0 Å². The summed E-state index contributed by atoms with van der Waals surface area (Å²) in [5, 5.41) is 2.55. The lowest BCUT2D eigenvalue weighted by atomic mass is 10.3. The number of carbonyl (C=O) groups is 1. The highest BCUT2D eigenvalue weighted by Gasteiger charge is 2.01. The van der Waals surface area contributed by atoms with Crippen LogP contribution < -0.4 is 5.32 Å². The molecule has 0 saturated heterocycles. The molecule has 0 rings (SSSR count). The largest absolute Gasteiger partial charge is 0.374 e. The van der Waals surface area contributed by atoms with Crippen molar-refractivity contribution in [3.05, 3.63) is 0 Å². The van der Waals surface area contributed by atoms with Gasteiger partial charge in [0.05, 0.1) is 6.61 Å². The van der Waals surface area contributed by atoms with Crippen LogP contribution in [0, 0.1) is 0 Å². The summed E-state index contributed by atoms with van der Waals surface area (Å²) in [4.78, 5) is 10.8. The third kappa shape index (κ3) is 9.20. The van der Waals surface area contributed by atoms with Gasteiger partial charge in [0.2, 0.25) is 5.91 Å². The van der Waals surface area contributed by atoms with Gasteiger partial charge in [-0.3, -0.25) is 4.79 Å². The van der Waals surface area contributed by atoms with Crippen LogP contribution in [0.15, 0.2) is 0 Å². The van der Waals surface area contributed by atoms with Crippen LogP contribution in [0.1, 0.15) is 19.8 Å². The molecule has 0 aliphatic heterocycles. The molecule has 0 aromatic rings. The Balaban J connectivity index is 3.11. The Morgan fingerprint density at radius 1 is 1.54 bits per heavy atom. The fraction of sp³-hybridized carbons (Fsp3) is 0.875. The van der Waals surface area contributed by atoms with Gasteiger partial charge < -0.3 is 10.1 Å². The van der Waals surface area contributed by atoms with E-state index in [2.05, 4.69) is 10.1 Å². The van der Waals surface area contributed by atoms with Gasteiger partial charge in [-0.25, -0.2) is 8.78 Å². The lowest BCUT2D eigenvalue weighted by Gasteiger charge is -2.04. The van der Waals surface area contributed by atoms with Crippen LogP contribution in [0.3, 0.4) is 0 Å². The highest BCUT2D eigenvalue weighted by molar-refractivity contribution is 5.75. The van der Waals surface area contributed by atoms with Crippen LogP contribution in [0.2, 0.25) is 0 Å². The van der Waals surface area contributed by atoms with Crippen molar-refractivity contribution < 1.29 is 18.3 Å². The van der Waals surface area contributed by atoms with Gasteiger partial charge >= 0.3 is 0 Å². The van der Waals surface area contributed by atoms with Gasteiger partial charge in [-0.05, 0) is 6.42 Å². The molecule has 0 spiro atoms. The van der Waals surface area contributed by atoms with Gasteiger partial charge in [0.1, 0.15) is 6.61 Å². The Kier molecular flexibility index (Phi) is 7.48. The monoisotopic (exact) mass is 195 g/mol. The fourth-order valence-corrected chi connectivity index (χ4v) is 0.750. The molecule has 0 radical (unpaired) electrons. The number of hydrogen-bond acceptors (Lipinski definition) is 2. The standard InChI is InChI=1S/C8H15F2NO2/c1-2-3-8(12)11-4-5-13-6-7(9)10/h7H,2-6H2,1H3,(H,11,12). The molecule has 0 aliphatic carbocycles. The molecular formula is C8H15F2NO2. The zero-order valence-corrected chi connectivity index (χ0v) is 7.69. The zero-order valence-electron chi connectivity index (χ0n) is 7.69. The predicted molar refractivity (Wildman–Crippen MR) is 44.7 cm³/mol. The second-order valence-electron chi connectivity index (χ2n) is 2.57. The van der Waals surface area contributed by atoms with E-state index in [9.17, 15) is 13.6 Å². The molecule has 0 aromatic heterocycles. The Bertz CT molecular complexity index is 142. The SMILES string of the molecule is CCCC(=O)NCCOCC(F)F. The Labute approximate surface area is 76.4 Å². The zero-order chi connectivity index (χ0) is 10.1. The molecule has 0 atom stereocenters. The van der Waals surface area contributed by atoms with Gasteiger partial charge in [-0.2, -0.15) is 0 Å². The topological polar surface area (TPSA) is 38.3 Å². The highest BCUT2D eigenvalue weighted by Crippen LogP contribution is 1.91. The van der Waals surface area contributed by atoms with Crippen molar-refractivity contribution in [1.29, 1.82) is 0 Å². The molecular weight excluding hydrogens is 180 g/mol. The molecule has 0 saturated carbocycles. The molecule has 0 aromatic carbocycles. The Hall–Kier alpha value is -0.710. The summed E-state index contributed by atoms with van der Waals surface area (Å²) in [6.45, 7) is 1.77. The number of halogens is 2. The van der Waals surface area contributed by atoms with E-state index in [1.165, 1.54) is 0 Å². The summed E-state index contributed by atoms with van der Waals surface area (Å²) in [6.07, 6.45) is -1.19. The van der Waals surface area contributed by atoms with E-state index < -0.39 is 13.0 Å². The Morgan fingerprint density at radius 2 is 2.23 bits per heavy atom. The molecule has 0 bridgehead atoms. The summed E-state index contributed by atoms with van der Waals surface area (Å²) >= 11 is 0. The van der Waals surface area contributed by atoms with Crippen molar-refractivity contribution >= 4 is 5.91 Å². The molecule has 1 N–H and O–H groups in total. The summed E-state index contributed by atoms with van der Waals surface area (Å²) in [5.74, 6) is -0.0665. The average Bonchev–Trinajstić information content (AvgIpc) is 2.03. The molecule has 13 heavy (non-hydrogen) atoms. The highest BCUT2D eigenvalue weighted by atomic mass is 19.3. The Morgan fingerprint density at radius 3 is 2.77 bits per heavy atom. The minimum absolute atomic E-state index is 0.0665. The van der Waals surface area contributed by atoms with Crippen LogP contribution in [0.25, 0.3) is 0 Å². The van der Waals surface area contributed by atoms with E-state index in [4.69, 9.17) is 0 Å². The number of rotatable bonds is 7. The summed E-state index contributed by atoms with van der Waals surface area (Å²) in [7, 11) is 0. The first kappa shape index (κ1) is 12.3. The average molecular weight is 195 g/mol. The maximum Gasteiger partial charge on any atom is 0.261 e. The first-order valence-electron chi connectivity index (χ1n) is 4.29. The molecule has 3 nitrogen and oxygen atoms in total. The van der Waals surface area contributed by atoms with Gasteiger partial charge in [0.25, 0.3) is 6.43 Å². The van der Waals surface area contributed by atoms with Crippen molar-refractivity contribution in [2.75, 3.05) is 19.8 Å². The summed E-state index contributed by atoms with van der Waals surface area (Å²) < 4.78 is 27.6. The first-order chi connectivity index (χ1) is 6.16. The number of nitrogens with one attached hydrogen (secondary N) is 1. The lowest BCUT2D eigenvalue weighted by molar-refractivity contribution is -0.121. The first-order valence-corrected chi connectivity index (χ1v) is 4.29. The molecule has 5 heteroatoms. The van der Waals surface area contributed by atoms with Crippen LogP contribution in [0.5, 0.6) is 0 Å². The van der Waals surface area contributed by atoms with Crippen molar-refractivity contribution in [3.63, 3.8) is 0 Å². The smallest absolute Gasteiger partial charge is 0.261 e. The summed E-state index contributed by atoms with van der Waals surface area (Å²) in [5.41, 5.74) is 0. The third-order valence-corrected chi connectivity index (χ3v) is 1.29. The van der Waals surface area contributed by atoms with Gasteiger partial charge in [0.15, 0.2) is 0 Å². The van der Waals surface area contributed by atoms with Crippen LogP contribution in [-0.2, 0) is 9.53 Å². The van der Waals surface area contributed by atoms with E-state index in [1.807, 2.05) is 6.92 Å². The maximum absolute atomic E-state index is 11.5. The number of amides is 1. The van der Waals surface area contributed by atoms with E-state index in [0.29, 0.717) is 13.0 Å².